The van der Waals surface area contributed by atoms with Crippen LogP contribution in [0.1, 0.15) is 60.6 Å². The molecule has 7 heteroatoms. The van der Waals surface area contributed by atoms with Gasteiger partial charge in [0, 0.05) is 31.7 Å². The number of amides is 1. The van der Waals surface area contributed by atoms with Gasteiger partial charge in [-0.05, 0) is 50.5 Å². The Morgan fingerprint density at radius 3 is 2.48 bits per heavy atom. The number of aryl methyl sites for hydroxylation is 1. The van der Waals surface area contributed by atoms with Crippen LogP contribution in [0.3, 0.4) is 0 Å². The van der Waals surface area contributed by atoms with Gasteiger partial charge in [0.2, 0.25) is 0 Å². The highest BCUT2D eigenvalue weighted by atomic mass is 16.5. The molecule has 1 N–H and O–H groups in total. The molecule has 1 aliphatic carbocycles. The lowest BCUT2D eigenvalue weighted by Crippen LogP contribution is -2.41. The van der Waals surface area contributed by atoms with Gasteiger partial charge in [-0.25, -0.2) is 4.79 Å². The van der Waals surface area contributed by atoms with Gasteiger partial charge in [0.25, 0.3) is 5.91 Å². The molecule has 3 fully saturated rings. The minimum atomic E-state index is -0.864. The van der Waals surface area contributed by atoms with Crippen molar-refractivity contribution in [2.75, 3.05) is 13.1 Å². The second-order valence-electron chi connectivity index (χ2n) is 7.56. The van der Waals surface area contributed by atoms with Gasteiger partial charge < -0.3 is 14.7 Å². The van der Waals surface area contributed by atoms with Crippen molar-refractivity contribution in [1.29, 1.82) is 0 Å². The zero-order valence-corrected chi connectivity index (χ0v) is 14.6. The Balaban J connectivity index is 1.33. The van der Waals surface area contributed by atoms with Gasteiger partial charge in [-0.1, -0.05) is 0 Å². The van der Waals surface area contributed by atoms with Gasteiger partial charge >= 0.3 is 5.97 Å². The van der Waals surface area contributed by atoms with E-state index in [0.29, 0.717) is 37.0 Å². The summed E-state index contributed by atoms with van der Waals surface area (Å²) in [6, 6.07) is 1.95. The molecule has 1 amide bonds. The van der Waals surface area contributed by atoms with Crippen LogP contribution in [-0.2, 0) is 16.6 Å². The van der Waals surface area contributed by atoms with Crippen LogP contribution in [0, 0.1) is 5.92 Å². The van der Waals surface area contributed by atoms with Gasteiger partial charge in [0.1, 0.15) is 0 Å². The number of piperidine rings is 1. The summed E-state index contributed by atoms with van der Waals surface area (Å²) < 4.78 is 7.52. The van der Waals surface area contributed by atoms with Crippen LogP contribution >= 0.6 is 0 Å². The van der Waals surface area contributed by atoms with Crippen LogP contribution in [0.15, 0.2) is 6.07 Å². The molecule has 0 unspecified atom stereocenters. The number of ether oxygens (including phenoxy) is 1. The van der Waals surface area contributed by atoms with E-state index in [9.17, 15) is 9.59 Å². The lowest BCUT2D eigenvalue weighted by Gasteiger charge is -2.34. The van der Waals surface area contributed by atoms with Gasteiger partial charge in [-0.2, -0.15) is 5.10 Å². The first-order valence-electron chi connectivity index (χ1n) is 9.24. The van der Waals surface area contributed by atoms with Crippen LogP contribution in [0.2, 0.25) is 0 Å². The molecule has 4 rings (SSSR count). The molecule has 2 aliphatic heterocycles. The summed E-state index contributed by atoms with van der Waals surface area (Å²) in [5.74, 6) is 0.0686. The first-order chi connectivity index (χ1) is 12.0. The number of carbonyl (C=O) groups is 2. The molecule has 136 valence electrons. The largest absolute Gasteiger partial charge is 0.479 e. The van der Waals surface area contributed by atoms with E-state index in [1.165, 1.54) is 12.8 Å². The molecule has 0 spiro atoms. The minimum Gasteiger partial charge on any atom is -0.479 e. The summed E-state index contributed by atoms with van der Waals surface area (Å²) in [5, 5.41) is 13.5. The van der Waals surface area contributed by atoms with Crippen LogP contribution in [-0.4, -0.2) is 57.0 Å². The molecular weight excluding hydrogens is 322 g/mol. The number of hydrogen-bond acceptors (Lipinski definition) is 4. The summed E-state index contributed by atoms with van der Waals surface area (Å²) in [4.78, 5) is 25.6. The highest BCUT2D eigenvalue weighted by Crippen LogP contribution is 2.40. The second kappa shape index (κ2) is 6.44. The molecule has 0 aromatic carbocycles. The SMILES string of the molecule is Cn1nc(C(=O)N2CCC([C@@H]3CC[C@H](C(=O)O)O3)CC2)cc1C1CC1. The van der Waals surface area contributed by atoms with Crippen molar-refractivity contribution < 1.29 is 19.4 Å². The topological polar surface area (TPSA) is 84.7 Å². The van der Waals surface area contributed by atoms with Crippen LogP contribution in [0.4, 0.5) is 0 Å². The van der Waals surface area contributed by atoms with Gasteiger partial charge in [0.05, 0.1) is 6.10 Å². The van der Waals surface area contributed by atoms with E-state index >= 15 is 0 Å². The molecule has 2 atom stereocenters. The molecule has 7 nitrogen and oxygen atoms in total. The van der Waals surface area contributed by atoms with Gasteiger partial charge in [-0.15, -0.1) is 0 Å². The molecule has 3 aliphatic rings. The third kappa shape index (κ3) is 3.29. The van der Waals surface area contributed by atoms with Crippen molar-refractivity contribution >= 4 is 11.9 Å². The fourth-order valence-corrected chi connectivity index (χ4v) is 4.17. The quantitative estimate of drug-likeness (QED) is 0.897. The first-order valence-corrected chi connectivity index (χ1v) is 9.24. The number of rotatable bonds is 4. The van der Waals surface area contributed by atoms with Crippen molar-refractivity contribution in [2.45, 2.75) is 56.7 Å². The van der Waals surface area contributed by atoms with E-state index in [2.05, 4.69) is 5.10 Å². The summed E-state index contributed by atoms with van der Waals surface area (Å²) in [6.45, 7) is 1.38. The molecule has 1 aromatic heterocycles. The number of aromatic nitrogens is 2. The van der Waals surface area contributed by atoms with Crippen molar-refractivity contribution in [1.82, 2.24) is 14.7 Å². The van der Waals surface area contributed by atoms with E-state index in [-0.39, 0.29) is 12.0 Å². The number of carbonyl (C=O) groups excluding carboxylic acids is 1. The predicted molar refractivity (Wildman–Crippen MR) is 89.3 cm³/mol. The first kappa shape index (κ1) is 16.6. The average molecular weight is 347 g/mol. The number of nitrogens with zero attached hydrogens (tertiary/aromatic N) is 3. The molecule has 1 aromatic rings. The van der Waals surface area contributed by atoms with E-state index in [1.54, 1.807) is 0 Å². The van der Waals surface area contributed by atoms with E-state index in [4.69, 9.17) is 9.84 Å². The van der Waals surface area contributed by atoms with Gasteiger partial charge in [-0.3, -0.25) is 9.48 Å². The summed E-state index contributed by atoms with van der Waals surface area (Å²) in [6.07, 6.45) is 4.89. The summed E-state index contributed by atoms with van der Waals surface area (Å²) in [5.41, 5.74) is 1.71. The number of likely N-dealkylation sites (tertiary alicyclic amines) is 1. The minimum absolute atomic E-state index is 0.0108. The summed E-state index contributed by atoms with van der Waals surface area (Å²) in [7, 11) is 1.91. The molecule has 0 bridgehead atoms. The van der Waals surface area contributed by atoms with Gasteiger partial charge in [0.15, 0.2) is 11.8 Å². The monoisotopic (exact) mass is 347 g/mol. The van der Waals surface area contributed by atoms with Crippen molar-refractivity contribution in [2.24, 2.45) is 13.0 Å². The zero-order valence-electron chi connectivity index (χ0n) is 14.6. The van der Waals surface area contributed by atoms with Crippen LogP contribution < -0.4 is 0 Å². The fourth-order valence-electron chi connectivity index (χ4n) is 4.17. The van der Waals surface area contributed by atoms with Crippen LogP contribution in [0.5, 0.6) is 0 Å². The Kier molecular flexibility index (Phi) is 4.27. The Morgan fingerprint density at radius 1 is 1.16 bits per heavy atom. The second-order valence-corrected chi connectivity index (χ2v) is 7.56. The number of aliphatic carboxylic acids is 1. The lowest BCUT2D eigenvalue weighted by molar-refractivity contribution is -0.150. The maximum absolute atomic E-state index is 12.7. The number of carboxylic acids is 1. The molecular formula is C18H25N3O4. The summed E-state index contributed by atoms with van der Waals surface area (Å²) >= 11 is 0. The van der Waals surface area contributed by atoms with E-state index in [0.717, 1.165) is 25.0 Å². The number of carboxylic acid groups (broad SMARTS) is 1. The van der Waals surface area contributed by atoms with E-state index < -0.39 is 12.1 Å². The number of hydrogen-bond donors (Lipinski definition) is 1. The average Bonchev–Trinajstić information content (AvgIpc) is 3.18. The molecule has 3 heterocycles. The smallest absolute Gasteiger partial charge is 0.332 e. The normalized spacial score (nSPS) is 27.6. The Bertz CT molecular complexity index is 674. The third-order valence-corrected chi connectivity index (χ3v) is 5.81. The maximum atomic E-state index is 12.7. The highest BCUT2D eigenvalue weighted by Gasteiger charge is 2.37. The Labute approximate surface area is 146 Å². The third-order valence-electron chi connectivity index (χ3n) is 5.81. The van der Waals surface area contributed by atoms with Crippen LogP contribution in [0.25, 0.3) is 0 Å². The van der Waals surface area contributed by atoms with Crippen molar-refractivity contribution in [3.05, 3.63) is 17.5 Å². The fraction of sp³-hybridized carbons (Fsp3) is 0.722. The Morgan fingerprint density at radius 2 is 1.88 bits per heavy atom. The predicted octanol–water partition coefficient (Wildman–Crippen LogP) is 1.78. The molecule has 25 heavy (non-hydrogen) atoms. The molecule has 2 saturated heterocycles. The zero-order chi connectivity index (χ0) is 17.6. The van der Waals surface area contributed by atoms with E-state index in [1.807, 2.05) is 22.7 Å². The molecule has 1 saturated carbocycles. The van der Waals surface area contributed by atoms with Crippen molar-refractivity contribution in [3.63, 3.8) is 0 Å². The maximum Gasteiger partial charge on any atom is 0.332 e. The highest BCUT2D eigenvalue weighted by molar-refractivity contribution is 5.92. The molecule has 0 radical (unpaired) electrons. The Hall–Kier alpha value is -1.89. The standard InChI is InChI=1S/C18H25N3O4/c1-20-14(11-2-3-11)10-13(19-20)17(22)21-8-6-12(7-9-21)15-4-5-16(25-15)18(23)24/h10-12,15-16H,2-9H2,1H3,(H,23,24)/t15-,16+/m0/s1. The van der Waals surface area contributed by atoms with Crippen molar-refractivity contribution in [3.8, 4) is 0 Å². The lowest BCUT2D eigenvalue weighted by atomic mass is 9.89.